The highest BCUT2D eigenvalue weighted by Crippen LogP contribution is 2.27. The minimum absolute atomic E-state index is 0.0190. The van der Waals surface area contributed by atoms with Gasteiger partial charge >= 0.3 is 0 Å². The first-order valence-corrected chi connectivity index (χ1v) is 9.17. The van der Waals surface area contributed by atoms with E-state index in [0.29, 0.717) is 5.69 Å². The van der Waals surface area contributed by atoms with Crippen LogP contribution in [0.2, 0.25) is 10.6 Å². The van der Waals surface area contributed by atoms with Gasteiger partial charge < -0.3 is 5.11 Å². The summed E-state index contributed by atoms with van der Waals surface area (Å²) in [7, 11) is -4.10. The van der Waals surface area contributed by atoms with Crippen LogP contribution in [0.25, 0.3) is 0 Å². The molecule has 0 aliphatic carbocycles. The summed E-state index contributed by atoms with van der Waals surface area (Å²) >= 11 is 11.6. The monoisotopic (exact) mass is 392 g/mol. The topological polar surface area (TPSA) is 117 Å². The number of halogens is 2. The maximum Gasteiger partial charge on any atom is 0.264 e. The van der Waals surface area contributed by atoms with Gasteiger partial charge in [-0.25, -0.2) is 0 Å². The number of aliphatic hydroxyl groups is 1. The van der Waals surface area contributed by atoms with Crippen LogP contribution in [0.3, 0.4) is 0 Å². The number of para-hydroxylation sites is 1. The zero-order chi connectivity index (χ0) is 17.7. The summed E-state index contributed by atoms with van der Waals surface area (Å²) in [6.45, 7) is 0. The van der Waals surface area contributed by atoms with Crippen molar-refractivity contribution in [2.24, 2.45) is 0 Å². The molecule has 1 atom stereocenters. The Balaban J connectivity index is 2.29. The van der Waals surface area contributed by atoms with E-state index in [1.807, 2.05) is 0 Å². The fraction of sp³-hybridized carbons (Fsp3) is 0.308. The lowest BCUT2D eigenvalue weighted by atomic mass is 10.2. The molecule has 11 heteroatoms. The average Bonchev–Trinajstić information content (AvgIpc) is 2.46. The first-order chi connectivity index (χ1) is 11.3. The van der Waals surface area contributed by atoms with Crippen LogP contribution in [0.5, 0.6) is 0 Å². The third kappa shape index (κ3) is 5.53. The molecule has 8 nitrogen and oxygen atoms in total. The molecule has 0 bridgehead atoms. The van der Waals surface area contributed by atoms with E-state index in [0.717, 1.165) is 0 Å². The molecule has 2 aromatic rings. The number of hydrogen-bond acceptors (Lipinski definition) is 7. The molecule has 0 fully saturated rings. The maximum atomic E-state index is 10.8. The van der Waals surface area contributed by atoms with Crippen molar-refractivity contribution in [1.82, 2.24) is 15.0 Å². The van der Waals surface area contributed by atoms with Crippen LogP contribution < -0.4 is 4.90 Å². The second-order valence-electron chi connectivity index (χ2n) is 4.79. The SMILES string of the molecule is O=S(=O)(O)CCCC(O)N(c1ccccc1)c1nc(Cl)nc(Cl)n1. The first kappa shape index (κ1) is 18.8. The van der Waals surface area contributed by atoms with Crippen LogP contribution in [0, 0.1) is 0 Å². The molecule has 0 aliphatic rings. The Bertz CT molecular complexity index is 772. The van der Waals surface area contributed by atoms with Crippen molar-refractivity contribution in [2.45, 2.75) is 19.1 Å². The molecule has 0 aliphatic heterocycles. The van der Waals surface area contributed by atoms with Crippen molar-refractivity contribution < 1.29 is 18.1 Å². The molecule has 0 amide bonds. The fourth-order valence-corrected chi connectivity index (χ4v) is 2.90. The first-order valence-electron chi connectivity index (χ1n) is 6.81. The molecule has 130 valence electrons. The summed E-state index contributed by atoms with van der Waals surface area (Å²) in [5.41, 5.74) is 0.551. The second kappa shape index (κ2) is 8.04. The summed E-state index contributed by atoms with van der Waals surface area (Å²) in [4.78, 5) is 12.9. The number of anilines is 2. The molecule has 1 aromatic carbocycles. The quantitative estimate of drug-likeness (QED) is 0.544. The van der Waals surface area contributed by atoms with E-state index in [1.165, 1.54) is 4.90 Å². The highest BCUT2D eigenvalue weighted by atomic mass is 35.5. The number of rotatable bonds is 7. The number of nitrogens with zero attached hydrogens (tertiary/aromatic N) is 4. The number of aromatic nitrogens is 3. The van der Waals surface area contributed by atoms with Crippen LogP contribution in [-0.4, -0.2) is 45.0 Å². The lowest BCUT2D eigenvalue weighted by Gasteiger charge is -2.28. The Labute approximate surface area is 148 Å². The molecule has 0 radical (unpaired) electrons. The maximum absolute atomic E-state index is 10.8. The molecule has 2 N–H and O–H groups in total. The van der Waals surface area contributed by atoms with Crippen molar-refractivity contribution >= 4 is 45.0 Å². The van der Waals surface area contributed by atoms with Crippen molar-refractivity contribution in [1.29, 1.82) is 0 Å². The third-order valence-electron chi connectivity index (χ3n) is 2.98. The highest BCUT2D eigenvalue weighted by molar-refractivity contribution is 7.85. The third-order valence-corrected chi connectivity index (χ3v) is 4.12. The van der Waals surface area contributed by atoms with Crippen molar-refractivity contribution in [2.75, 3.05) is 10.7 Å². The van der Waals surface area contributed by atoms with E-state index < -0.39 is 22.1 Å². The van der Waals surface area contributed by atoms with Gasteiger partial charge in [0.15, 0.2) is 0 Å². The Morgan fingerprint density at radius 1 is 1.08 bits per heavy atom. The minimum Gasteiger partial charge on any atom is -0.373 e. The normalized spacial score (nSPS) is 12.8. The smallest absolute Gasteiger partial charge is 0.264 e. The van der Waals surface area contributed by atoms with Gasteiger partial charge in [-0.2, -0.15) is 23.4 Å². The zero-order valence-electron chi connectivity index (χ0n) is 12.2. The largest absolute Gasteiger partial charge is 0.373 e. The van der Waals surface area contributed by atoms with Crippen LogP contribution in [0.1, 0.15) is 12.8 Å². The zero-order valence-corrected chi connectivity index (χ0v) is 14.6. The van der Waals surface area contributed by atoms with Crippen molar-refractivity contribution in [3.8, 4) is 0 Å². The van der Waals surface area contributed by atoms with E-state index in [2.05, 4.69) is 15.0 Å². The summed E-state index contributed by atoms with van der Waals surface area (Å²) in [6.07, 6.45) is -1.09. The van der Waals surface area contributed by atoms with Crippen molar-refractivity contribution in [3.63, 3.8) is 0 Å². The highest BCUT2D eigenvalue weighted by Gasteiger charge is 2.22. The summed E-state index contributed by atoms with van der Waals surface area (Å²) in [5, 5.41) is 10.2. The van der Waals surface area contributed by atoms with Gasteiger partial charge in [-0.05, 0) is 48.2 Å². The Hall–Kier alpha value is -1.52. The van der Waals surface area contributed by atoms with Crippen LogP contribution in [0.4, 0.5) is 11.6 Å². The number of hydrogen-bond donors (Lipinski definition) is 2. The lowest BCUT2D eigenvalue weighted by Crippen LogP contribution is -2.33. The number of benzene rings is 1. The van der Waals surface area contributed by atoms with Gasteiger partial charge in [0, 0.05) is 5.69 Å². The van der Waals surface area contributed by atoms with Crippen LogP contribution in [0.15, 0.2) is 30.3 Å². The average molecular weight is 393 g/mol. The molecule has 1 unspecified atom stereocenters. The molecule has 1 aromatic heterocycles. The van der Waals surface area contributed by atoms with Gasteiger partial charge in [-0.1, -0.05) is 18.2 Å². The fourth-order valence-electron chi connectivity index (χ4n) is 2.01. The van der Waals surface area contributed by atoms with E-state index in [9.17, 15) is 13.5 Å². The molecule has 24 heavy (non-hydrogen) atoms. The van der Waals surface area contributed by atoms with Gasteiger partial charge in [0.05, 0.1) is 5.75 Å². The van der Waals surface area contributed by atoms with E-state index in [4.69, 9.17) is 27.8 Å². The summed E-state index contributed by atoms with van der Waals surface area (Å²) in [5.74, 6) is -0.448. The van der Waals surface area contributed by atoms with E-state index >= 15 is 0 Å². The standard InChI is InChI=1S/C13H14Cl2N4O4S/c14-11-16-12(15)18-13(17-11)19(9-5-2-1-3-6-9)10(20)7-4-8-24(21,22)23/h1-3,5-6,10,20H,4,7-8H2,(H,21,22,23). The number of aliphatic hydroxyl groups excluding tert-OH is 1. The molecule has 0 saturated carbocycles. The molecule has 0 saturated heterocycles. The second-order valence-corrected chi connectivity index (χ2v) is 7.04. The van der Waals surface area contributed by atoms with Crippen LogP contribution >= 0.6 is 23.2 Å². The van der Waals surface area contributed by atoms with Crippen LogP contribution in [-0.2, 0) is 10.1 Å². The predicted molar refractivity (Wildman–Crippen MR) is 90.1 cm³/mol. The van der Waals surface area contributed by atoms with E-state index in [-0.39, 0.29) is 29.4 Å². The van der Waals surface area contributed by atoms with Gasteiger partial charge in [0.25, 0.3) is 10.1 Å². The molecular formula is C13H14Cl2N4O4S. The Morgan fingerprint density at radius 3 is 2.21 bits per heavy atom. The summed E-state index contributed by atoms with van der Waals surface area (Å²) in [6, 6.07) is 8.70. The molecule has 0 spiro atoms. The van der Waals surface area contributed by atoms with Gasteiger partial charge in [0.1, 0.15) is 6.23 Å². The van der Waals surface area contributed by atoms with Gasteiger partial charge in [-0.15, -0.1) is 0 Å². The van der Waals surface area contributed by atoms with Gasteiger partial charge in [-0.3, -0.25) is 9.45 Å². The van der Waals surface area contributed by atoms with Gasteiger partial charge in [0.2, 0.25) is 16.5 Å². The lowest BCUT2D eigenvalue weighted by molar-refractivity contribution is 0.168. The Kier molecular flexibility index (Phi) is 6.30. The Morgan fingerprint density at radius 2 is 1.67 bits per heavy atom. The van der Waals surface area contributed by atoms with E-state index in [1.54, 1.807) is 30.3 Å². The minimum atomic E-state index is -4.10. The molecule has 2 rings (SSSR count). The van der Waals surface area contributed by atoms with Crippen molar-refractivity contribution in [3.05, 3.63) is 40.9 Å². The predicted octanol–water partition coefficient (Wildman–Crippen LogP) is 2.30. The summed E-state index contributed by atoms with van der Waals surface area (Å²) < 4.78 is 30.4. The molecular weight excluding hydrogens is 379 g/mol. The molecule has 1 heterocycles.